The van der Waals surface area contributed by atoms with Crippen LogP contribution in [0.15, 0.2) is 48.5 Å². The van der Waals surface area contributed by atoms with Gasteiger partial charge in [0, 0.05) is 12.2 Å². The number of anilines is 1. The Kier molecular flexibility index (Phi) is 5.03. The summed E-state index contributed by atoms with van der Waals surface area (Å²) in [5.41, 5.74) is 3.04. The fourth-order valence-corrected chi connectivity index (χ4v) is 3.00. The number of likely N-dealkylation sites (tertiary alicyclic amines) is 1. The Labute approximate surface area is 147 Å². The van der Waals surface area contributed by atoms with E-state index < -0.39 is 6.04 Å². The van der Waals surface area contributed by atoms with Gasteiger partial charge in [-0.1, -0.05) is 24.3 Å². The number of carbonyl (C=O) groups excluding carboxylic acids is 2. The fraction of sp³-hybridized carbons (Fsp3) is 0.300. The fourth-order valence-electron chi connectivity index (χ4n) is 3.00. The van der Waals surface area contributed by atoms with Crippen molar-refractivity contribution < 1.29 is 14.3 Å². The van der Waals surface area contributed by atoms with Gasteiger partial charge in [0.05, 0.1) is 13.5 Å². The molecule has 5 nitrogen and oxygen atoms in total. The van der Waals surface area contributed by atoms with Crippen LogP contribution in [-0.4, -0.2) is 36.4 Å². The average Bonchev–Trinajstić information content (AvgIpc) is 2.87. The number of hydrogen-bond acceptors (Lipinski definition) is 4. The second kappa shape index (κ2) is 7.38. The highest BCUT2D eigenvalue weighted by Crippen LogP contribution is 2.20. The van der Waals surface area contributed by atoms with Gasteiger partial charge in [-0.2, -0.15) is 0 Å². The zero-order valence-corrected chi connectivity index (χ0v) is 14.5. The van der Waals surface area contributed by atoms with E-state index in [0.29, 0.717) is 13.0 Å². The zero-order chi connectivity index (χ0) is 17.8. The lowest BCUT2D eigenvalue weighted by Crippen LogP contribution is -2.36. The minimum absolute atomic E-state index is 0.122. The first-order valence-electron chi connectivity index (χ1n) is 8.37. The first-order valence-corrected chi connectivity index (χ1v) is 8.37. The summed E-state index contributed by atoms with van der Waals surface area (Å²) >= 11 is 0. The number of carbonyl (C=O) groups is 2. The van der Waals surface area contributed by atoms with E-state index in [9.17, 15) is 9.59 Å². The number of hydrogen-bond donors (Lipinski definition) is 1. The van der Waals surface area contributed by atoms with E-state index in [1.807, 2.05) is 55.5 Å². The lowest BCUT2D eigenvalue weighted by Gasteiger charge is -2.16. The molecule has 0 spiro atoms. The number of nitrogens with zero attached hydrogens (tertiary/aromatic N) is 1. The minimum Gasteiger partial charge on any atom is -0.497 e. The smallest absolute Gasteiger partial charge is 0.252 e. The third kappa shape index (κ3) is 3.99. The molecule has 0 aromatic heterocycles. The van der Waals surface area contributed by atoms with Crippen molar-refractivity contribution in [2.45, 2.75) is 25.8 Å². The van der Waals surface area contributed by atoms with Gasteiger partial charge in [0.1, 0.15) is 11.8 Å². The third-order valence-corrected chi connectivity index (χ3v) is 4.39. The average molecular weight is 338 g/mol. The summed E-state index contributed by atoms with van der Waals surface area (Å²) in [4.78, 5) is 26.1. The minimum atomic E-state index is -0.481. The van der Waals surface area contributed by atoms with Crippen molar-refractivity contribution in [3.63, 3.8) is 0 Å². The molecule has 1 N–H and O–H groups in total. The molecule has 130 valence electrons. The van der Waals surface area contributed by atoms with Gasteiger partial charge in [-0.3, -0.25) is 14.5 Å². The summed E-state index contributed by atoms with van der Waals surface area (Å²) in [6.45, 7) is 2.39. The van der Waals surface area contributed by atoms with Crippen LogP contribution in [0, 0.1) is 6.92 Å². The maximum atomic E-state index is 12.5. The topological polar surface area (TPSA) is 58.6 Å². The Hall–Kier alpha value is -2.82. The summed E-state index contributed by atoms with van der Waals surface area (Å²) in [6.07, 6.45) is 0.841. The quantitative estimate of drug-likeness (QED) is 0.823. The summed E-state index contributed by atoms with van der Waals surface area (Å²) in [5, 5.41) is 3.18. The molecular formula is C20H22N2O3. The molecule has 2 amide bonds. The number of rotatable bonds is 6. The van der Waals surface area contributed by atoms with E-state index >= 15 is 0 Å². The molecule has 1 heterocycles. The molecular weight excluding hydrogens is 316 g/mol. The van der Waals surface area contributed by atoms with Crippen LogP contribution in [0.1, 0.15) is 17.5 Å². The standard InChI is InChI=1S/C20H22N2O3/c1-14-4-3-5-16(12-14)21-18-13-19(23)22(20(18)24)11-10-15-6-8-17(25-2)9-7-15/h3-9,12,18,21H,10-11,13H2,1-2H3/t18-/m1/s1. The van der Waals surface area contributed by atoms with Gasteiger partial charge in [0.25, 0.3) is 5.91 Å². The summed E-state index contributed by atoms with van der Waals surface area (Å²) in [5.74, 6) is 0.517. The van der Waals surface area contributed by atoms with E-state index in [-0.39, 0.29) is 18.2 Å². The van der Waals surface area contributed by atoms with E-state index in [1.165, 1.54) is 4.90 Å². The molecule has 0 bridgehead atoms. The lowest BCUT2D eigenvalue weighted by atomic mass is 10.1. The SMILES string of the molecule is COc1ccc(CCN2C(=O)C[C@@H](Nc3cccc(C)c3)C2=O)cc1. The molecule has 1 atom stereocenters. The van der Waals surface area contributed by atoms with Crippen LogP contribution in [0.3, 0.4) is 0 Å². The van der Waals surface area contributed by atoms with Crippen molar-refractivity contribution in [3.8, 4) is 5.75 Å². The Bertz CT molecular complexity index is 771. The number of benzene rings is 2. The lowest BCUT2D eigenvalue weighted by molar-refractivity contribution is -0.138. The Balaban J connectivity index is 1.60. The number of imide groups is 1. The number of aryl methyl sites for hydroxylation is 1. The van der Waals surface area contributed by atoms with Crippen LogP contribution in [0.4, 0.5) is 5.69 Å². The molecule has 0 radical (unpaired) electrons. The normalized spacial score (nSPS) is 17.0. The number of methoxy groups -OCH3 is 1. The van der Waals surface area contributed by atoms with Gasteiger partial charge in [-0.05, 0) is 48.7 Å². The second-order valence-electron chi connectivity index (χ2n) is 6.25. The van der Waals surface area contributed by atoms with Gasteiger partial charge >= 0.3 is 0 Å². The molecule has 1 aliphatic heterocycles. The zero-order valence-electron chi connectivity index (χ0n) is 14.5. The monoisotopic (exact) mass is 338 g/mol. The van der Waals surface area contributed by atoms with Gasteiger partial charge in [0.15, 0.2) is 0 Å². The first-order chi connectivity index (χ1) is 12.1. The van der Waals surface area contributed by atoms with Gasteiger partial charge in [0.2, 0.25) is 5.91 Å². The first kappa shape index (κ1) is 17.0. The predicted octanol–water partition coefficient (Wildman–Crippen LogP) is 2.79. The molecule has 2 aromatic carbocycles. The molecule has 1 saturated heterocycles. The third-order valence-electron chi connectivity index (χ3n) is 4.39. The van der Waals surface area contributed by atoms with Crippen LogP contribution in [0.5, 0.6) is 5.75 Å². The summed E-state index contributed by atoms with van der Waals surface area (Å²) in [7, 11) is 1.62. The maximum Gasteiger partial charge on any atom is 0.252 e. The Morgan fingerprint density at radius 3 is 2.60 bits per heavy atom. The van der Waals surface area contributed by atoms with Crippen LogP contribution >= 0.6 is 0 Å². The van der Waals surface area contributed by atoms with E-state index in [2.05, 4.69) is 5.32 Å². The highest BCUT2D eigenvalue weighted by atomic mass is 16.5. The van der Waals surface area contributed by atoms with Crippen LogP contribution in [0.2, 0.25) is 0 Å². The van der Waals surface area contributed by atoms with Crippen LogP contribution in [0.25, 0.3) is 0 Å². The number of ether oxygens (including phenoxy) is 1. The van der Waals surface area contributed by atoms with Gasteiger partial charge < -0.3 is 10.1 Å². The highest BCUT2D eigenvalue weighted by Gasteiger charge is 2.38. The van der Waals surface area contributed by atoms with Crippen molar-refractivity contribution in [3.05, 3.63) is 59.7 Å². The van der Waals surface area contributed by atoms with Crippen molar-refractivity contribution in [2.75, 3.05) is 19.0 Å². The molecule has 5 heteroatoms. The summed E-state index contributed by atoms with van der Waals surface area (Å²) in [6, 6.07) is 15.0. The molecule has 3 rings (SSSR count). The number of amides is 2. The largest absolute Gasteiger partial charge is 0.497 e. The second-order valence-corrected chi connectivity index (χ2v) is 6.25. The number of nitrogens with one attached hydrogen (secondary N) is 1. The van der Waals surface area contributed by atoms with Crippen molar-refractivity contribution in [1.82, 2.24) is 4.90 Å². The molecule has 0 saturated carbocycles. The summed E-state index contributed by atoms with van der Waals surface area (Å²) < 4.78 is 5.13. The van der Waals surface area contributed by atoms with E-state index in [4.69, 9.17) is 4.74 Å². The molecule has 0 aliphatic carbocycles. The van der Waals surface area contributed by atoms with Gasteiger partial charge in [-0.15, -0.1) is 0 Å². The molecule has 1 aliphatic rings. The van der Waals surface area contributed by atoms with Crippen molar-refractivity contribution in [1.29, 1.82) is 0 Å². The predicted molar refractivity (Wildman–Crippen MR) is 96.6 cm³/mol. The van der Waals surface area contributed by atoms with Crippen molar-refractivity contribution in [2.24, 2.45) is 0 Å². The Morgan fingerprint density at radius 1 is 1.16 bits per heavy atom. The van der Waals surface area contributed by atoms with Crippen LogP contribution in [-0.2, 0) is 16.0 Å². The maximum absolute atomic E-state index is 12.5. The van der Waals surface area contributed by atoms with E-state index in [1.54, 1.807) is 7.11 Å². The van der Waals surface area contributed by atoms with Gasteiger partial charge in [-0.25, -0.2) is 0 Å². The van der Waals surface area contributed by atoms with Crippen LogP contribution < -0.4 is 10.1 Å². The Morgan fingerprint density at radius 2 is 1.92 bits per heavy atom. The molecule has 2 aromatic rings. The molecule has 25 heavy (non-hydrogen) atoms. The molecule has 0 unspecified atom stereocenters. The molecule has 1 fully saturated rings. The van der Waals surface area contributed by atoms with E-state index in [0.717, 1.165) is 22.6 Å². The van der Waals surface area contributed by atoms with Crippen molar-refractivity contribution >= 4 is 17.5 Å². The highest BCUT2D eigenvalue weighted by molar-refractivity contribution is 6.06.